The molecule has 0 aromatic heterocycles. The van der Waals surface area contributed by atoms with Gasteiger partial charge in [0, 0.05) is 19.3 Å². The average molecular weight is 1150 g/mol. The van der Waals surface area contributed by atoms with Crippen molar-refractivity contribution >= 4 is 59.1 Å². The Morgan fingerprint density at radius 1 is 0.402 bits per heavy atom. The van der Waals surface area contributed by atoms with Crippen LogP contribution in [0.5, 0.6) is 0 Å². The second-order valence-corrected chi connectivity index (χ2v) is 22.0. The summed E-state index contributed by atoms with van der Waals surface area (Å²) in [5, 5.41) is 33.8. The maximum absolute atomic E-state index is 14.6. The lowest BCUT2D eigenvalue weighted by molar-refractivity contribution is -0.136. The van der Waals surface area contributed by atoms with Gasteiger partial charge >= 0.3 is 0 Å². The number of unbranched alkanes of at least 4 members (excludes halogenated alkanes) is 3. The fourth-order valence-electron chi connectivity index (χ4n) is 8.90. The Balaban J connectivity index is 2.45. The summed E-state index contributed by atoms with van der Waals surface area (Å²) in [6, 6.07) is 6.25. The van der Waals surface area contributed by atoms with Crippen LogP contribution in [0.2, 0.25) is 0 Å². The number of carbonyl (C=O) groups excluding carboxylic acids is 10. The van der Waals surface area contributed by atoms with Crippen LogP contribution in [0, 0.1) is 17.8 Å². The van der Waals surface area contributed by atoms with E-state index < -0.39 is 114 Å². The molecule has 82 heavy (non-hydrogen) atoms. The molecule has 2 aromatic rings. The molecule has 0 radical (unpaired) electrons. The maximum Gasteiger partial charge on any atom is 0.243 e. The molecule has 0 fully saturated rings. The van der Waals surface area contributed by atoms with Gasteiger partial charge in [0.05, 0.1) is 6.61 Å². The largest absolute Gasteiger partial charge is 0.394 e. The zero-order valence-electron chi connectivity index (χ0n) is 49.1. The van der Waals surface area contributed by atoms with Crippen LogP contribution >= 0.6 is 0 Å². The highest BCUT2D eigenvalue weighted by atomic mass is 16.3. The highest BCUT2D eigenvalue weighted by Crippen LogP contribution is 2.14. The van der Waals surface area contributed by atoms with Crippen LogP contribution in [0.1, 0.15) is 130 Å². The number of aliphatic hydroxyl groups excluding tert-OH is 1. The first kappa shape index (κ1) is 71.1. The minimum absolute atomic E-state index is 0.00247. The first-order valence-electron chi connectivity index (χ1n) is 28.8. The highest BCUT2D eigenvalue weighted by molar-refractivity contribution is 5.98. The Kier molecular flexibility index (Phi) is 33.5. The van der Waals surface area contributed by atoms with Gasteiger partial charge in [0.2, 0.25) is 59.1 Å². The molecule has 2 aromatic carbocycles. The van der Waals surface area contributed by atoms with Crippen molar-refractivity contribution in [2.45, 2.75) is 186 Å². The summed E-state index contributed by atoms with van der Waals surface area (Å²) >= 11 is 0. The van der Waals surface area contributed by atoms with Crippen LogP contribution in [0.4, 0.5) is 0 Å². The molecule has 458 valence electrons. The quantitative estimate of drug-likeness (QED) is 0.0373. The van der Waals surface area contributed by atoms with Crippen LogP contribution in [0.3, 0.4) is 0 Å². The van der Waals surface area contributed by atoms with Gasteiger partial charge in [-0.1, -0.05) is 128 Å². The minimum Gasteiger partial charge on any atom is -0.394 e. The van der Waals surface area contributed by atoms with Crippen LogP contribution in [0.25, 0.3) is 0 Å². The zero-order valence-corrected chi connectivity index (χ0v) is 49.1. The number of hydrogen-bond donors (Lipinski definition) is 14. The van der Waals surface area contributed by atoms with Gasteiger partial charge in [0.15, 0.2) is 0 Å². The predicted molar refractivity (Wildman–Crippen MR) is 312 cm³/mol. The molecule has 0 saturated carbocycles. The molecule has 0 saturated heterocycles. The van der Waals surface area contributed by atoms with Crippen molar-refractivity contribution in [1.29, 1.82) is 0 Å². The first-order valence-corrected chi connectivity index (χ1v) is 28.8. The van der Waals surface area contributed by atoms with E-state index in [1.54, 1.807) is 60.7 Å². The van der Waals surface area contributed by atoms with E-state index in [9.17, 15) is 53.1 Å². The Morgan fingerprint density at radius 2 is 0.695 bits per heavy atom. The molecule has 24 heteroatoms. The third-order valence-corrected chi connectivity index (χ3v) is 13.2. The van der Waals surface area contributed by atoms with Gasteiger partial charge in [-0.25, -0.2) is 0 Å². The summed E-state index contributed by atoms with van der Waals surface area (Å²) in [5.74, 6) is -7.80. The monoisotopic (exact) mass is 1150 g/mol. The summed E-state index contributed by atoms with van der Waals surface area (Å²) in [4.78, 5) is 137. The average Bonchev–Trinajstić information content (AvgIpc) is 3.46. The van der Waals surface area contributed by atoms with E-state index in [1.165, 1.54) is 0 Å². The molecule has 0 aliphatic rings. The number of carbonyl (C=O) groups is 10. The zero-order chi connectivity index (χ0) is 61.3. The standard InChI is InChI=1S/C58H95N13O11/c1-8-9-10-17-22-49(73)63-40(23-26-59)51(75)69-46(32-38-18-13-11-14-19-38)57(81)65-42(25-28-61)53(77)70-47(33-39-20-15-12-16-21-39)58(82)68-43(29-35(2)3)54(78)64-41(24-27-60)52(76)66-44(30-36(4)5)55(79)67-45(31-37(6)7)56(80)71-48(34-72)50(62)74/h11-16,18-21,35-37,40-48,72H,8-10,17,22-34,59-61H2,1-7H3,(H2,62,74)(H,63,73)(H,64,78)(H,65,81)(H,66,76)(H,67,79)(H,68,82)(H,69,75)(H,70,77)(H,71,80)/t40-,41-,42-,43-,44+,45-,46-,47+,48-/m0/s1. The molecule has 2 rings (SSSR count). The lowest BCUT2D eigenvalue weighted by Gasteiger charge is -2.29. The lowest BCUT2D eigenvalue weighted by atomic mass is 9.99. The summed E-state index contributed by atoms with van der Waals surface area (Å²) in [6.45, 7) is 12.1. The van der Waals surface area contributed by atoms with Gasteiger partial charge in [-0.15, -0.1) is 0 Å². The Bertz CT molecular complexity index is 2330. The van der Waals surface area contributed by atoms with Crippen molar-refractivity contribution in [2.24, 2.45) is 40.7 Å². The van der Waals surface area contributed by atoms with Gasteiger partial charge in [-0.3, -0.25) is 47.9 Å². The molecule has 0 aliphatic carbocycles. The number of aliphatic hydroxyl groups is 1. The molecule has 0 spiro atoms. The third kappa shape index (κ3) is 27.2. The Morgan fingerprint density at radius 3 is 1.00 bits per heavy atom. The topological polar surface area (TPSA) is 403 Å². The second-order valence-electron chi connectivity index (χ2n) is 22.0. The molecule has 18 N–H and O–H groups in total. The van der Waals surface area contributed by atoms with Gasteiger partial charge in [0.1, 0.15) is 54.4 Å². The smallest absolute Gasteiger partial charge is 0.243 e. The van der Waals surface area contributed by atoms with Gasteiger partial charge in [0.25, 0.3) is 0 Å². The van der Waals surface area contributed by atoms with Crippen molar-refractivity contribution in [1.82, 2.24) is 47.9 Å². The van der Waals surface area contributed by atoms with E-state index in [2.05, 4.69) is 54.8 Å². The predicted octanol–water partition coefficient (Wildman–Crippen LogP) is -0.532. The number of primary amides is 1. The molecule has 10 amide bonds. The molecule has 0 unspecified atom stereocenters. The Labute approximate surface area is 483 Å². The van der Waals surface area contributed by atoms with E-state index in [1.807, 2.05) is 41.5 Å². The molecule has 0 heterocycles. The van der Waals surface area contributed by atoms with Crippen molar-refractivity contribution in [3.63, 3.8) is 0 Å². The number of nitrogens with one attached hydrogen (secondary N) is 9. The number of benzene rings is 2. The molecular formula is C58H95N13O11. The normalized spacial score (nSPS) is 14.6. The van der Waals surface area contributed by atoms with Gasteiger partial charge < -0.3 is 75.9 Å². The number of rotatable bonds is 40. The van der Waals surface area contributed by atoms with Crippen molar-refractivity contribution < 1.29 is 53.1 Å². The maximum atomic E-state index is 14.6. The van der Waals surface area contributed by atoms with Gasteiger partial charge in [-0.05, 0) is 93.5 Å². The SMILES string of the molecule is CCCCCCC(=O)N[C@@H](CCN)C(=O)N[C@@H](Cc1ccccc1)C(=O)N[C@@H](CCN)C(=O)N[C@H](Cc1ccccc1)C(=O)N[C@@H](CC(C)C)C(=O)N[C@@H](CCN)C(=O)N[C@H](CC(C)C)C(=O)N[C@@H](CC(C)C)C(=O)N[C@@H](CO)C(N)=O. The van der Waals surface area contributed by atoms with Crippen molar-refractivity contribution in [3.8, 4) is 0 Å². The van der Waals surface area contributed by atoms with Crippen LogP contribution < -0.4 is 70.8 Å². The van der Waals surface area contributed by atoms with E-state index in [4.69, 9.17) is 22.9 Å². The van der Waals surface area contributed by atoms with E-state index in [-0.39, 0.29) is 101 Å². The molecular weight excluding hydrogens is 1050 g/mol. The lowest BCUT2D eigenvalue weighted by Crippen LogP contribution is -2.61. The Hall–Kier alpha value is -7.02. The second kappa shape index (κ2) is 38.6. The molecule has 0 aliphatic heterocycles. The third-order valence-electron chi connectivity index (χ3n) is 13.2. The fourth-order valence-corrected chi connectivity index (χ4v) is 8.90. The number of nitrogens with two attached hydrogens (primary N) is 4. The molecule has 0 bridgehead atoms. The first-order chi connectivity index (χ1) is 39.0. The van der Waals surface area contributed by atoms with Crippen molar-refractivity contribution in [3.05, 3.63) is 71.8 Å². The summed E-state index contributed by atoms with van der Waals surface area (Å²) in [5.41, 5.74) is 24.4. The van der Waals surface area contributed by atoms with Gasteiger partial charge in [-0.2, -0.15) is 0 Å². The number of amides is 10. The summed E-state index contributed by atoms with van der Waals surface area (Å²) < 4.78 is 0. The fraction of sp³-hybridized carbons (Fsp3) is 0.621. The van der Waals surface area contributed by atoms with Crippen LogP contribution in [0.15, 0.2) is 60.7 Å². The summed E-state index contributed by atoms with van der Waals surface area (Å²) in [6.07, 6.45) is 3.82. The molecule has 9 atom stereocenters. The van der Waals surface area contributed by atoms with Crippen LogP contribution in [-0.4, -0.2) is 145 Å². The highest BCUT2D eigenvalue weighted by Gasteiger charge is 2.36. The summed E-state index contributed by atoms with van der Waals surface area (Å²) in [7, 11) is 0. The van der Waals surface area contributed by atoms with Crippen LogP contribution in [-0.2, 0) is 60.8 Å². The number of hydrogen-bond acceptors (Lipinski definition) is 14. The molecule has 24 nitrogen and oxygen atoms in total. The van der Waals surface area contributed by atoms with E-state index in [0.29, 0.717) is 17.5 Å². The van der Waals surface area contributed by atoms with E-state index >= 15 is 0 Å². The minimum atomic E-state index is -1.40. The van der Waals surface area contributed by atoms with E-state index in [0.717, 1.165) is 19.3 Å². The van der Waals surface area contributed by atoms with Crippen molar-refractivity contribution in [2.75, 3.05) is 26.2 Å².